The molecule has 77 heavy (non-hydrogen) atoms. The minimum atomic E-state index is -2.99. The average Bonchev–Trinajstić information content (AvgIpc) is 3.49. The minimum Gasteiger partial charge on any atom is -0.508 e. The number of carbonyl (C=O) groups excluding carboxylic acids is 8. The van der Waals surface area contributed by atoms with Gasteiger partial charge in [-0.15, -0.1) is 0 Å². The second kappa shape index (κ2) is 19.7. The van der Waals surface area contributed by atoms with Crippen molar-refractivity contribution in [3.8, 4) is 11.5 Å². The molecule has 23 nitrogen and oxygen atoms in total. The van der Waals surface area contributed by atoms with Gasteiger partial charge in [0.25, 0.3) is 17.7 Å². The van der Waals surface area contributed by atoms with Crippen LogP contribution in [-0.2, 0) is 53.1 Å². The number of primary amides is 2. The first-order valence-electron chi connectivity index (χ1n) is 24.3. The number of nitrogens with zero attached hydrogens (tertiary/aromatic N) is 2. The quantitative estimate of drug-likeness (QED) is 0.126. The van der Waals surface area contributed by atoms with Gasteiger partial charge in [0.05, 0.1) is 35.2 Å². The van der Waals surface area contributed by atoms with Crippen molar-refractivity contribution in [1.82, 2.24) is 20.4 Å². The number of hydrogen-bond donors (Lipinski definition) is 13. The highest BCUT2D eigenvalue weighted by Gasteiger charge is 2.69. The maximum atomic E-state index is 14.1. The van der Waals surface area contributed by atoms with Crippen LogP contribution in [0, 0.1) is 23.7 Å². The molecule has 6 aliphatic carbocycles. The van der Waals surface area contributed by atoms with Gasteiger partial charge in [0.1, 0.15) is 45.7 Å². The fourth-order valence-corrected chi connectivity index (χ4v) is 12.4. The molecule has 0 bridgehead atoms. The van der Waals surface area contributed by atoms with Gasteiger partial charge >= 0.3 is 0 Å². The van der Waals surface area contributed by atoms with E-state index in [-0.39, 0.29) is 59.9 Å². The first kappa shape index (κ1) is 55.0. The first-order valence-corrected chi connectivity index (χ1v) is 24.3. The summed E-state index contributed by atoms with van der Waals surface area (Å²) in [5, 5.41) is 106. The lowest BCUT2D eigenvalue weighted by molar-refractivity contribution is -0.169. The van der Waals surface area contributed by atoms with E-state index in [1.807, 2.05) is 0 Å². The van der Waals surface area contributed by atoms with Crippen LogP contribution in [0.25, 0.3) is 11.5 Å². The number of amides is 4. The van der Waals surface area contributed by atoms with E-state index in [0.29, 0.717) is 22.3 Å². The maximum Gasteiger partial charge on any atom is 0.255 e. The number of Topliss-reactive ketones (excluding diaryl/α,β-unsaturated/α-hetero) is 4. The molecule has 0 heterocycles. The van der Waals surface area contributed by atoms with Crippen LogP contribution in [0.2, 0.25) is 0 Å². The molecule has 2 saturated carbocycles. The molecule has 4 amide bonds. The molecule has 2 fully saturated rings. The highest BCUT2D eigenvalue weighted by Crippen LogP contribution is 2.57. The Kier molecular flexibility index (Phi) is 14.1. The highest BCUT2D eigenvalue weighted by atomic mass is 16.4. The van der Waals surface area contributed by atoms with E-state index in [4.69, 9.17) is 11.5 Å². The summed E-state index contributed by atoms with van der Waals surface area (Å²) in [7, 11) is 5.97. The first-order chi connectivity index (χ1) is 36.1. The summed E-state index contributed by atoms with van der Waals surface area (Å²) in [4.78, 5) is 105. The van der Waals surface area contributed by atoms with Crippen molar-refractivity contribution in [2.75, 3.05) is 28.2 Å². The van der Waals surface area contributed by atoms with Gasteiger partial charge in [-0.25, -0.2) is 0 Å². The minimum absolute atomic E-state index is 0.000987. The summed E-state index contributed by atoms with van der Waals surface area (Å²) in [6.07, 6.45) is -1.51. The van der Waals surface area contributed by atoms with Gasteiger partial charge in [-0.3, -0.25) is 48.2 Å². The number of likely N-dealkylation sites (N-methyl/N-ethyl adjacent to an activating group) is 2. The number of nitrogens with one attached hydrogen (secondary N) is 2. The number of nitrogens with two attached hydrogens (primary N) is 2. The molecule has 3 aromatic rings. The molecule has 406 valence electrons. The summed E-state index contributed by atoms with van der Waals surface area (Å²) in [6, 6.07) is 11.9. The van der Waals surface area contributed by atoms with Gasteiger partial charge in [0.2, 0.25) is 17.5 Å². The van der Waals surface area contributed by atoms with Crippen molar-refractivity contribution in [1.29, 1.82) is 0 Å². The Bertz CT molecular complexity index is 3270. The summed E-state index contributed by atoms with van der Waals surface area (Å²) >= 11 is 0. The lowest BCUT2D eigenvalue weighted by atomic mass is 9.54. The van der Waals surface area contributed by atoms with E-state index >= 15 is 0 Å². The third kappa shape index (κ3) is 8.32. The molecule has 0 saturated heterocycles. The summed E-state index contributed by atoms with van der Waals surface area (Å²) in [5.41, 5.74) is 4.41. The average molecular weight is 1060 g/mol. The molecule has 10 atom stereocenters. The Morgan fingerprint density at radius 1 is 0.688 bits per heavy atom. The fraction of sp³-hybridized carbons (Fsp3) is 0.370. The number of ketones is 4. The Morgan fingerprint density at radius 2 is 1.22 bits per heavy atom. The standard InChI is InChI=1S/C30H31N3O9.C24H27N3O8/c1-12-15-10-9-14(11-32-29(41)13-7-5-4-6-8-13)22(34)17(15)23(35)18-16(12)24(36)20-21(33(2)3)25(37)19(28(31)40)27(39)30(20,42)26(18)38;1-9(28)26-8-10-4-5-14(29)16-12(10)6-11-7-13-18(27(2)3)20(31)17(23(25)34)22(33)24(13,35)21(32)15(11)19(16)30/h4-10,12,16,20-21,24,34-36,39,42H,11H2,1-3H3,(H2,31,40)(H,32,41);4-5,11,13,18,29-30,33,35H,6-8H2,1-3H3,(H2,25,34)(H,26,28)/t12-,16?,20?,21-,24-,30-;11-,13-,18-,24-/m00/s1. The lowest BCUT2D eigenvalue weighted by Gasteiger charge is -2.53. The Labute approximate surface area is 439 Å². The van der Waals surface area contributed by atoms with Crippen molar-refractivity contribution >= 4 is 58.3 Å². The van der Waals surface area contributed by atoms with Crippen LogP contribution in [-0.4, -0.2) is 160 Å². The van der Waals surface area contributed by atoms with Gasteiger partial charge < -0.3 is 68.1 Å². The molecule has 15 N–H and O–H groups in total. The summed E-state index contributed by atoms with van der Waals surface area (Å²) in [6.45, 7) is 2.99. The number of fused-ring (bicyclic) bond motifs is 6. The fourth-order valence-electron chi connectivity index (χ4n) is 12.4. The van der Waals surface area contributed by atoms with Crippen LogP contribution in [0.1, 0.15) is 69.9 Å². The number of rotatable bonds is 9. The van der Waals surface area contributed by atoms with Crippen LogP contribution < -0.4 is 22.1 Å². The second-order valence-corrected chi connectivity index (χ2v) is 20.6. The number of benzene rings is 3. The smallest absolute Gasteiger partial charge is 0.255 e. The predicted molar refractivity (Wildman–Crippen MR) is 270 cm³/mol. The lowest BCUT2D eigenvalue weighted by Crippen LogP contribution is -2.70. The van der Waals surface area contributed by atoms with Gasteiger partial charge in [0, 0.05) is 54.1 Å². The number of hydrogen-bond acceptors (Lipinski definition) is 19. The zero-order valence-corrected chi connectivity index (χ0v) is 42.5. The third-order valence-electron chi connectivity index (χ3n) is 15.9. The van der Waals surface area contributed by atoms with E-state index in [1.165, 1.54) is 51.0 Å². The molecular weight excluding hydrogens is 1000 g/mol. The van der Waals surface area contributed by atoms with Crippen LogP contribution in [0.5, 0.6) is 11.5 Å². The molecule has 3 aromatic carbocycles. The number of aliphatic hydroxyl groups is 7. The number of aromatic hydroxyl groups is 2. The highest BCUT2D eigenvalue weighted by molar-refractivity contribution is 6.26. The van der Waals surface area contributed by atoms with Crippen molar-refractivity contribution in [3.63, 3.8) is 0 Å². The molecule has 9 rings (SSSR count). The van der Waals surface area contributed by atoms with Crippen LogP contribution in [0.15, 0.2) is 88.4 Å². The molecule has 23 heteroatoms. The van der Waals surface area contributed by atoms with Crippen LogP contribution in [0.3, 0.4) is 0 Å². The van der Waals surface area contributed by atoms with E-state index < -0.39 is 145 Å². The van der Waals surface area contributed by atoms with Gasteiger partial charge in [0.15, 0.2) is 22.8 Å². The normalized spacial score (nSPS) is 28.4. The largest absolute Gasteiger partial charge is 0.508 e. The summed E-state index contributed by atoms with van der Waals surface area (Å²) < 4.78 is 0. The maximum absolute atomic E-state index is 14.1. The second-order valence-electron chi connectivity index (χ2n) is 20.6. The topological polar surface area (TPSA) is 401 Å². The molecule has 0 aromatic heterocycles. The number of carbonyl (C=O) groups is 8. The molecule has 0 spiro atoms. The SMILES string of the molecule is CC(=O)NCc1ccc(O)c2c1C[C@H]1C[C@H]3[C@H](N(C)C)C(=O)C(C(N)=O)=C(O)[C@@]3(O)C(=O)C1=C2O.C[C@H]1c2ccc(CNC(=O)c3ccccc3)c(O)c2C(O)=C2C(=O)[C@]3(O)C(O)=C(C(N)=O)C(=O)[C@@H](N(C)C)C3[C@@H](O)C21. The van der Waals surface area contributed by atoms with E-state index in [0.717, 1.165) is 0 Å². The zero-order valence-electron chi connectivity index (χ0n) is 42.5. The number of phenolic OH excluding ortho intramolecular Hbond substituents is 2. The predicted octanol–water partition coefficient (Wildman–Crippen LogP) is 0.0259. The zero-order chi connectivity index (χ0) is 56.8. The molecule has 0 radical (unpaired) electrons. The van der Waals surface area contributed by atoms with Crippen molar-refractivity contribution in [3.05, 3.63) is 127 Å². The van der Waals surface area contributed by atoms with Gasteiger partial charge in [-0.05, 0) is 87.8 Å². The monoisotopic (exact) mass is 1060 g/mol. The number of phenols is 2. The summed E-state index contributed by atoms with van der Waals surface area (Å²) in [5.74, 6) is -17.2. The Morgan fingerprint density at radius 3 is 1.79 bits per heavy atom. The molecule has 0 aliphatic heterocycles. The van der Waals surface area contributed by atoms with Gasteiger partial charge in [-0.2, -0.15) is 0 Å². The van der Waals surface area contributed by atoms with Gasteiger partial charge in [-0.1, -0.05) is 43.3 Å². The number of aliphatic hydroxyl groups excluding tert-OH is 5. The van der Waals surface area contributed by atoms with E-state index in [2.05, 4.69) is 10.6 Å². The Balaban J connectivity index is 0.000000207. The van der Waals surface area contributed by atoms with Crippen molar-refractivity contribution in [2.24, 2.45) is 35.1 Å². The third-order valence-corrected chi connectivity index (χ3v) is 15.9. The molecule has 6 aliphatic rings. The van der Waals surface area contributed by atoms with Crippen molar-refractivity contribution < 1.29 is 84.3 Å². The molecule has 2 unspecified atom stereocenters. The van der Waals surface area contributed by atoms with Crippen LogP contribution in [0.4, 0.5) is 0 Å². The van der Waals surface area contributed by atoms with E-state index in [1.54, 1.807) is 55.5 Å². The molecular formula is C54H58N6O17. The van der Waals surface area contributed by atoms with Crippen molar-refractivity contribution in [2.45, 2.75) is 75.1 Å². The van der Waals surface area contributed by atoms with E-state index in [9.17, 15) is 84.3 Å². The van der Waals surface area contributed by atoms with Crippen LogP contribution >= 0.6 is 0 Å². The Hall–Kier alpha value is -8.22.